The van der Waals surface area contributed by atoms with Gasteiger partial charge in [0.2, 0.25) is 0 Å². The van der Waals surface area contributed by atoms with Crippen LogP contribution in [0.3, 0.4) is 0 Å². The molecule has 0 unspecified atom stereocenters. The van der Waals surface area contributed by atoms with Crippen molar-refractivity contribution in [3.8, 4) is 34.5 Å². The van der Waals surface area contributed by atoms with E-state index in [2.05, 4.69) is 91.3 Å². The van der Waals surface area contributed by atoms with Gasteiger partial charge >= 0.3 is 0 Å². The molecule has 0 radical (unpaired) electrons. The lowest BCUT2D eigenvalue weighted by molar-refractivity contribution is -0.185. The average molecular weight is 922 g/mol. The van der Waals surface area contributed by atoms with Crippen LogP contribution in [0, 0.1) is 0 Å². The van der Waals surface area contributed by atoms with Gasteiger partial charge < -0.3 is 43.2 Å². The lowest BCUT2D eigenvalue weighted by Gasteiger charge is -2.62. The van der Waals surface area contributed by atoms with Crippen LogP contribution in [0.15, 0.2) is 83.2 Å². The first-order valence-electron chi connectivity index (χ1n) is 24.7. The third-order valence-corrected chi connectivity index (χ3v) is 19.1. The lowest BCUT2D eigenvalue weighted by atomic mass is 9.49. The van der Waals surface area contributed by atoms with Gasteiger partial charge in [-0.1, -0.05) is 36.4 Å². The van der Waals surface area contributed by atoms with E-state index in [0.29, 0.717) is 36.4 Å². The first kappa shape index (κ1) is 42.8. The van der Waals surface area contributed by atoms with Gasteiger partial charge in [-0.3, -0.25) is 14.6 Å². The number of aliphatic hydroxyl groups is 1. The monoisotopic (exact) mass is 921 g/mol. The second-order valence-electron chi connectivity index (χ2n) is 21.5. The maximum Gasteiger partial charge on any atom is 0.174 e. The minimum Gasteiger partial charge on any atom is -0.497 e. The smallest absolute Gasteiger partial charge is 0.174 e. The number of allylic oxidation sites excluding steroid dienone is 4. The van der Waals surface area contributed by atoms with Crippen LogP contribution in [-0.4, -0.2) is 137 Å². The number of Topliss-reactive ketones (excluding diaryl/α,β-unsaturated/α-hetero) is 1. The molecule has 6 aliphatic heterocycles. The second kappa shape index (κ2) is 14.6. The van der Waals surface area contributed by atoms with E-state index in [0.717, 1.165) is 92.5 Å². The summed E-state index contributed by atoms with van der Waals surface area (Å²) in [5.74, 6) is 6.02. The summed E-state index contributed by atoms with van der Waals surface area (Å²) in [6.07, 6.45) is 15.3. The highest BCUT2D eigenvalue weighted by molar-refractivity contribution is 5.90. The molecule has 4 fully saturated rings. The number of carbonyl (C=O) groups excluding carboxylic acids is 1. The van der Waals surface area contributed by atoms with Gasteiger partial charge in [-0.25, -0.2) is 0 Å². The molecular weight excluding hydrogens is 859 g/mol. The minimum absolute atomic E-state index is 0.0438. The number of piperidine rings is 3. The Hall–Kier alpha value is -5.27. The Kier molecular flexibility index (Phi) is 9.21. The lowest BCUT2D eigenvalue weighted by Crippen LogP contribution is -2.76. The Morgan fingerprint density at radius 1 is 0.574 bits per heavy atom. The molecule has 15 rings (SSSR count). The van der Waals surface area contributed by atoms with E-state index >= 15 is 0 Å². The molecule has 3 saturated heterocycles. The summed E-state index contributed by atoms with van der Waals surface area (Å²) < 4.78 is 41.4. The number of ether oxygens (including phenoxy) is 7. The number of hydrogen-bond acceptors (Lipinski definition) is 12. The summed E-state index contributed by atoms with van der Waals surface area (Å²) >= 11 is 0. The number of carbonyl (C=O) groups is 1. The van der Waals surface area contributed by atoms with Crippen molar-refractivity contribution in [2.75, 3.05) is 69.2 Å². The molecule has 12 heteroatoms. The van der Waals surface area contributed by atoms with E-state index in [4.69, 9.17) is 33.2 Å². The Morgan fingerprint density at radius 2 is 1.07 bits per heavy atom. The van der Waals surface area contributed by atoms with Crippen molar-refractivity contribution in [1.82, 2.24) is 14.7 Å². The molecule has 0 amide bonds. The van der Waals surface area contributed by atoms with Crippen molar-refractivity contribution in [2.45, 2.75) is 117 Å². The van der Waals surface area contributed by atoms with Gasteiger partial charge in [0.25, 0.3) is 0 Å². The first-order valence-corrected chi connectivity index (χ1v) is 24.7. The maximum absolute atomic E-state index is 12.7. The molecule has 1 N–H and O–H groups in total. The number of benzene rings is 3. The molecule has 3 aromatic rings. The van der Waals surface area contributed by atoms with E-state index < -0.39 is 17.1 Å². The molecule has 68 heavy (non-hydrogen) atoms. The predicted octanol–water partition coefficient (Wildman–Crippen LogP) is 6.31. The fourth-order valence-corrected chi connectivity index (χ4v) is 15.9. The van der Waals surface area contributed by atoms with Gasteiger partial charge in [0.05, 0.1) is 50.3 Å². The molecule has 1 saturated carbocycles. The molecule has 12 aliphatic rings. The zero-order valence-corrected chi connectivity index (χ0v) is 40.6. The van der Waals surface area contributed by atoms with Gasteiger partial charge in [0.15, 0.2) is 52.5 Å². The van der Waals surface area contributed by atoms with Gasteiger partial charge in [-0.2, -0.15) is 0 Å². The van der Waals surface area contributed by atoms with E-state index in [1.54, 1.807) is 34.0 Å². The summed E-state index contributed by atoms with van der Waals surface area (Å²) in [6.45, 7) is 5.28. The third kappa shape index (κ3) is 5.07. The SMILES string of the molecule is COC1=CC=C2[C@H]3Cc4ccc(OC)c5c4[C@@]2(CCN3C)[C@H]1O5.COc1ccc2c3c1O[C@H]1C(=O)CC[C@@]4(O)[C@@H](C2)N(C)CC[C@]314.COc1ccc2c3c1O[C@H]1C(C)=CC=C4[C@@H](C2)N(C)CC[C@]431. The van der Waals surface area contributed by atoms with E-state index in [-0.39, 0.29) is 34.9 Å². The van der Waals surface area contributed by atoms with Crippen molar-refractivity contribution >= 4 is 5.78 Å². The molecule has 12 nitrogen and oxygen atoms in total. The summed E-state index contributed by atoms with van der Waals surface area (Å²) in [7, 11) is 13.4. The number of hydrogen-bond donors (Lipinski definition) is 1. The van der Waals surface area contributed by atoms with Gasteiger partial charge in [0.1, 0.15) is 11.9 Å². The van der Waals surface area contributed by atoms with Crippen molar-refractivity contribution in [1.29, 1.82) is 0 Å². The quantitative estimate of drug-likeness (QED) is 0.317. The maximum atomic E-state index is 12.7. The number of rotatable bonds is 4. The molecule has 356 valence electrons. The van der Waals surface area contributed by atoms with Crippen molar-refractivity contribution in [2.24, 2.45) is 0 Å². The van der Waals surface area contributed by atoms with Crippen LogP contribution < -0.4 is 28.4 Å². The van der Waals surface area contributed by atoms with Crippen molar-refractivity contribution < 1.29 is 43.1 Å². The van der Waals surface area contributed by atoms with Crippen LogP contribution in [0.25, 0.3) is 0 Å². The Labute approximate surface area is 399 Å². The van der Waals surface area contributed by atoms with Crippen LogP contribution in [0.1, 0.15) is 72.4 Å². The summed E-state index contributed by atoms with van der Waals surface area (Å²) in [4.78, 5) is 19.9. The molecule has 6 heterocycles. The van der Waals surface area contributed by atoms with Crippen LogP contribution in [0.5, 0.6) is 34.5 Å². The van der Waals surface area contributed by atoms with Gasteiger partial charge in [0, 0.05) is 41.2 Å². The number of likely N-dealkylation sites (tertiary alicyclic amines) is 3. The molecule has 0 aromatic heterocycles. The van der Waals surface area contributed by atoms with E-state index in [1.165, 1.54) is 39.0 Å². The molecule has 10 atom stereocenters. The predicted molar refractivity (Wildman–Crippen MR) is 256 cm³/mol. The van der Waals surface area contributed by atoms with Crippen LogP contribution in [0.4, 0.5) is 0 Å². The Balaban J connectivity index is 0.000000101. The fraction of sp³-hybridized carbons (Fsp3) is 0.518. The highest BCUT2D eigenvalue weighted by atomic mass is 16.6. The van der Waals surface area contributed by atoms with Crippen LogP contribution >= 0.6 is 0 Å². The summed E-state index contributed by atoms with van der Waals surface area (Å²) in [5, 5.41) is 11.7. The number of likely N-dealkylation sites (N-methyl/N-ethyl adjacent to an activating group) is 3. The van der Waals surface area contributed by atoms with Crippen LogP contribution in [0.2, 0.25) is 0 Å². The first-order chi connectivity index (χ1) is 32.9. The molecular formula is C56H63N3O9. The van der Waals surface area contributed by atoms with Crippen molar-refractivity contribution in [3.05, 3.63) is 117 Å². The zero-order valence-electron chi connectivity index (χ0n) is 40.6. The highest BCUT2D eigenvalue weighted by Crippen LogP contribution is 2.66. The van der Waals surface area contributed by atoms with Gasteiger partial charge in [-0.05, 0) is 150 Å². The third-order valence-electron chi connectivity index (χ3n) is 19.1. The fourth-order valence-electron chi connectivity index (χ4n) is 15.9. The molecule has 6 aliphatic carbocycles. The van der Waals surface area contributed by atoms with Crippen molar-refractivity contribution in [3.63, 3.8) is 0 Å². The normalized spacial score (nSPS) is 36.2. The molecule has 3 aromatic carbocycles. The number of nitrogens with zero attached hydrogens (tertiary/aromatic N) is 3. The second-order valence-corrected chi connectivity index (χ2v) is 21.5. The molecule has 3 spiro atoms. The van der Waals surface area contributed by atoms with Gasteiger partial charge in [-0.15, -0.1) is 0 Å². The summed E-state index contributed by atoms with van der Waals surface area (Å²) in [5.41, 5.74) is 10.7. The summed E-state index contributed by atoms with van der Waals surface area (Å²) in [6, 6.07) is 13.6. The number of ketones is 1. The largest absolute Gasteiger partial charge is 0.497 e. The zero-order chi connectivity index (χ0) is 46.8. The van der Waals surface area contributed by atoms with E-state index in [1.807, 2.05) is 12.1 Å². The minimum atomic E-state index is -0.900. The number of methoxy groups -OCH3 is 4. The Morgan fingerprint density at radius 3 is 1.65 bits per heavy atom. The molecule has 6 bridgehead atoms. The average Bonchev–Trinajstić information content (AvgIpc) is 4.02. The highest BCUT2D eigenvalue weighted by Gasteiger charge is 2.73. The topological polar surface area (TPSA) is 112 Å². The van der Waals surface area contributed by atoms with Crippen LogP contribution in [-0.2, 0) is 45.0 Å². The standard InChI is InChI=1S/C19H21NO3.C19H21NO2.C18H21NO4/c1-20-9-8-19-12-5-7-15(22-3)18(19)23-17-14(21-2)6-4-11(16(17)19)10-13(12)20;1-11-4-6-13-14-10-12-5-7-15(21-3)17-16(12)19(13,18(11)22-17)8-9-20(14)2;1-19-8-7-17-14-10-3-4-12(22-2)15(14)23-16(17)11(20)5-6-18(17,21)13(19)9-10/h4-7,13,18H,8-10H2,1-3H3;4-7,14,18H,8-10H2,1-3H3;3-4,13,16,21H,5-9H2,1-2H3/t13-,18+,19+;14-,18+,19+;13-,16+,17+,18-/m111/s1. The van der Waals surface area contributed by atoms with E-state index in [9.17, 15) is 9.90 Å². The Bertz CT molecular complexity index is 2850.